The van der Waals surface area contributed by atoms with Gasteiger partial charge < -0.3 is 4.74 Å². The molecule has 2 aromatic carbocycles. The van der Waals surface area contributed by atoms with Crippen LogP contribution in [-0.4, -0.2) is 43.7 Å². The summed E-state index contributed by atoms with van der Waals surface area (Å²) in [5.41, 5.74) is 6.75. The molecular formula is C23H29N3O5S. The van der Waals surface area contributed by atoms with Gasteiger partial charge in [-0.3, -0.25) is 20.4 Å². The number of hydrazine groups is 1. The number of piperidine rings is 1. The Balaban J connectivity index is 1.54. The Kier molecular flexibility index (Phi) is 7.52. The number of benzene rings is 2. The van der Waals surface area contributed by atoms with Crippen LogP contribution in [0.5, 0.6) is 5.75 Å². The van der Waals surface area contributed by atoms with Crippen molar-refractivity contribution < 1.29 is 22.7 Å². The van der Waals surface area contributed by atoms with Crippen LogP contribution in [0.3, 0.4) is 0 Å². The Morgan fingerprint density at radius 1 is 1.06 bits per heavy atom. The normalized spacial score (nSPS) is 16.9. The zero-order valence-corrected chi connectivity index (χ0v) is 19.4. The van der Waals surface area contributed by atoms with E-state index < -0.39 is 21.8 Å². The molecule has 8 nitrogen and oxygen atoms in total. The van der Waals surface area contributed by atoms with Crippen molar-refractivity contribution in [2.75, 3.05) is 13.2 Å². The van der Waals surface area contributed by atoms with Crippen molar-refractivity contribution in [3.63, 3.8) is 0 Å². The quantitative estimate of drug-likeness (QED) is 0.647. The first kappa shape index (κ1) is 23.7. The molecule has 1 unspecified atom stereocenters. The number of amides is 2. The van der Waals surface area contributed by atoms with E-state index in [-0.39, 0.29) is 23.1 Å². The van der Waals surface area contributed by atoms with E-state index in [0.717, 1.165) is 30.4 Å². The minimum atomic E-state index is -3.60. The van der Waals surface area contributed by atoms with E-state index in [1.807, 2.05) is 39.0 Å². The highest BCUT2D eigenvalue weighted by atomic mass is 32.2. The molecule has 32 heavy (non-hydrogen) atoms. The Bertz CT molecular complexity index is 1080. The maximum Gasteiger partial charge on any atom is 0.276 e. The number of rotatable bonds is 6. The maximum absolute atomic E-state index is 12.9. The van der Waals surface area contributed by atoms with E-state index in [1.54, 1.807) is 0 Å². The first-order valence-corrected chi connectivity index (χ1v) is 12.0. The molecule has 0 saturated carbocycles. The third kappa shape index (κ3) is 5.66. The van der Waals surface area contributed by atoms with Crippen LogP contribution in [0.25, 0.3) is 0 Å². The van der Waals surface area contributed by atoms with Crippen molar-refractivity contribution in [3.8, 4) is 5.75 Å². The molecule has 0 spiro atoms. The van der Waals surface area contributed by atoms with Crippen molar-refractivity contribution >= 4 is 21.8 Å². The molecular weight excluding hydrogens is 430 g/mol. The maximum atomic E-state index is 12.9. The molecule has 1 saturated heterocycles. The van der Waals surface area contributed by atoms with Crippen LogP contribution in [0.4, 0.5) is 0 Å². The summed E-state index contributed by atoms with van der Waals surface area (Å²) in [5.74, 6) is -0.468. The highest BCUT2D eigenvalue weighted by Gasteiger charge is 2.30. The number of ether oxygens (including phenoxy) is 1. The average molecular weight is 460 g/mol. The van der Waals surface area contributed by atoms with Crippen molar-refractivity contribution in [2.24, 2.45) is 0 Å². The van der Waals surface area contributed by atoms with Crippen molar-refractivity contribution in [2.45, 2.75) is 51.0 Å². The number of aryl methyl sites for hydroxylation is 2. The van der Waals surface area contributed by atoms with Gasteiger partial charge in [0.05, 0.1) is 4.90 Å². The summed E-state index contributed by atoms with van der Waals surface area (Å²) >= 11 is 0. The van der Waals surface area contributed by atoms with Crippen molar-refractivity contribution in [1.82, 2.24) is 15.2 Å². The molecule has 0 bridgehead atoms. The van der Waals surface area contributed by atoms with E-state index in [9.17, 15) is 18.0 Å². The van der Waals surface area contributed by atoms with E-state index in [0.29, 0.717) is 12.3 Å². The van der Waals surface area contributed by atoms with E-state index in [1.165, 1.54) is 28.6 Å². The van der Waals surface area contributed by atoms with Gasteiger partial charge in [-0.1, -0.05) is 18.6 Å². The lowest BCUT2D eigenvalue weighted by Gasteiger charge is -2.32. The monoisotopic (exact) mass is 459 g/mol. The third-order valence-corrected chi connectivity index (χ3v) is 7.51. The summed E-state index contributed by atoms with van der Waals surface area (Å²) in [4.78, 5) is 24.5. The molecule has 1 aliphatic heterocycles. The molecule has 2 amide bonds. The number of sulfonamides is 1. The molecule has 1 heterocycles. The summed E-state index contributed by atoms with van der Waals surface area (Å²) in [7, 11) is -3.60. The van der Waals surface area contributed by atoms with E-state index in [2.05, 4.69) is 10.9 Å². The van der Waals surface area contributed by atoms with Gasteiger partial charge in [0.1, 0.15) is 5.75 Å². The summed E-state index contributed by atoms with van der Waals surface area (Å²) in [6, 6.07) is 11.3. The number of carbonyl (C=O) groups excluding carboxylic acids is 2. The van der Waals surface area contributed by atoms with Crippen LogP contribution >= 0.6 is 0 Å². The Labute approximate surface area is 189 Å². The number of nitrogens with one attached hydrogen (secondary N) is 2. The topological polar surface area (TPSA) is 105 Å². The fourth-order valence-electron chi connectivity index (χ4n) is 3.58. The molecule has 1 atom stereocenters. The number of hydrogen-bond acceptors (Lipinski definition) is 5. The lowest BCUT2D eigenvalue weighted by Crippen LogP contribution is -2.44. The molecule has 3 rings (SSSR count). The molecule has 0 aliphatic carbocycles. The molecule has 1 fully saturated rings. The lowest BCUT2D eigenvalue weighted by atomic mass is 10.1. The summed E-state index contributed by atoms with van der Waals surface area (Å²) in [6.07, 6.45) is 2.71. The van der Waals surface area contributed by atoms with E-state index >= 15 is 0 Å². The van der Waals surface area contributed by atoms with Crippen LogP contribution in [0.15, 0.2) is 47.4 Å². The molecule has 172 valence electrons. The SMILES string of the molecule is Cc1ccc(C)c(OCC(=O)NNC(=O)c2ccc(S(=O)(=O)N3CCCCC3C)cc2)c1. The molecule has 2 N–H and O–H groups in total. The summed E-state index contributed by atoms with van der Waals surface area (Å²) in [5, 5.41) is 0. The number of carbonyl (C=O) groups is 2. The van der Waals surface area contributed by atoms with Gasteiger partial charge in [-0.2, -0.15) is 4.31 Å². The number of hydrogen-bond donors (Lipinski definition) is 2. The van der Waals surface area contributed by atoms with Gasteiger partial charge in [-0.05, 0) is 75.1 Å². The smallest absolute Gasteiger partial charge is 0.276 e. The van der Waals surface area contributed by atoms with Crippen LogP contribution in [0, 0.1) is 13.8 Å². The largest absolute Gasteiger partial charge is 0.483 e. The average Bonchev–Trinajstić information content (AvgIpc) is 2.78. The zero-order valence-electron chi connectivity index (χ0n) is 18.6. The predicted molar refractivity (Wildman–Crippen MR) is 121 cm³/mol. The summed E-state index contributed by atoms with van der Waals surface area (Å²) < 4.78 is 32.8. The van der Waals surface area contributed by atoms with Crippen LogP contribution in [0.2, 0.25) is 0 Å². The summed E-state index contributed by atoms with van der Waals surface area (Å²) in [6.45, 7) is 5.96. The van der Waals surface area contributed by atoms with Crippen molar-refractivity contribution in [3.05, 3.63) is 59.2 Å². The Hall–Kier alpha value is -2.91. The molecule has 1 aliphatic rings. The molecule has 0 radical (unpaired) electrons. The first-order chi connectivity index (χ1) is 15.2. The second-order valence-corrected chi connectivity index (χ2v) is 9.94. The van der Waals surface area contributed by atoms with Gasteiger partial charge in [-0.15, -0.1) is 0 Å². The zero-order chi connectivity index (χ0) is 23.3. The van der Waals surface area contributed by atoms with Crippen LogP contribution in [0.1, 0.15) is 47.7 Å². The third-order valence-electron chi connectivity index (χ3n) is 5.48. The first-order valence-electron chi connectivity index (χ1n) is 10.6. The highest BCUT2D eigenvalue weighted by molar-refractivity contribution is 7.89. The van der Waals surface area contributed by atoms with Gasteiger partial charge >= 0.3 is 0 Å². The highest BCUT2D eigenvalue weighted by Crippen LogP contribution is 2.25. The molecule has 9 heteroatoms. The van der Waals surface area contributed by atoms with Gasteiger partial charge in [0.2, 0.25) is 10.0 Å². The minimum Gasteiger partial charge on any atom is -0.483 e. The Morgan fingerprint density at radius 2 is 1.78 bits per heavy atom. The molecule has 2 aromatic rings. The fraction of sp³-hybridized carbons (Fsp3) is 0.391. The van der Waals surface area contributed by atoms with Gasteiger partial charge in [-0.25, -0.2) is 8.42 Å². The van der Waals surface area contributed by atoms with Gasteiger partial charge in [0, 0.05) is 18.2 Å². The second-order valence-electron chi connectivity index (χ2n) is 8.04. The Morgan fingerprint density at radius 3 is 2.47 bits per heavy atom. The predicted octanol–water partition coefficient (Wildman–Crippen LogP) is 2.71. The fourth-order valence-corrected chi connectivity index (χ4v) is 5.28. The van der Waals surface area contributed by atoms with Crippen LogP contribution < -0.4 is 15.6 Å². The van der Waals surface area contributed by atoms with Crippen LogP contribution in [-0.2, 0) is 14.8 Å². The van der Waals surface area contributed by atoms with Gasteiger partial charge in [0.25, 0.3) is 11.8 Å². The second kappa shape index (κ2) is 10.1. The van der Waals surface area contributed by atoms with Crippen molar-refractivity contribution in [1.29, 1.82) is 0 Å². The van der Waals surface area contributed by atoms with Gasteiger partial charge in [0.15, 0.2) is 6.61 Å². The minimum absolute atomic E-state index is 0.0438. The standard InChI is InChI=1S/C23H29N3O5S/c1-16-7-8-17(2)21(14-16)31-15-22(27)24-25-23(28)19-9-11-20(12-10-19)32(29,30)26-13-5-4-6-18(26)3/h7-12,14,18H,4-6,13,15H2,1-3H3,(H,24,27)(H,25,28). The van der Waals surface area contributed by atoms with E-state index in [4.69, 9.17) is 4.74 Å². The lowest BCUT2D eigenvalue weighted by molar-refractivity contribution is -0.123. The number of nitrogens with zero attached hydrogens (tertiary/aromatic N) is 1. The molecule has 0 aromatic heterocycles.